The molecular weight excluding hydrogens is 113 g/mol. The van der Waals surface area contributed by atoms with Crippen LogP contribution in [0.1, 0.15) is 1.43 Å². The number of likely N-dealkylation sites (N-methyl/N-ethyl adjacent to an activating group) is 1. The van der Waals surface area contributed by atoms with Crippen molar-refractivity contribution in [1.29, 1.82) is 0 Å². The van der Waals surface area contributed by atoms with Gasteiger partial charge in [-0.15, -0.1) is 0 Å². The predicted molar refractivity (Wildman–Crippen MR) is 29.4 cm³/mol. The van der Waals surface area contributed by atoms with Crippen LogP contribution in [0.3, 0.4) is 0 Å². The number of nitrogens with zero attached hydrogens (tertiary/aromatic N) is 1. The third-order valence-corrected chi connectivity index (χ3v) is 1.23. The molecule has 1 fully saturated rings. The molecule has 0 bridgehead atoms. The van der Waals surface area contributed by atoms with E-state index in [2.05, 4.69) is 11.9 Å². The minimum atomic E-state index is 0. The van der Waals surface area contributed by atoms with Crippen molar-refractivity contribution in [2.75, 3.05) is 33.4 Å². The molecule has 8 heavy (non-hydrogen) atoms. The fourth-order valence-electron chi connectivity index (χ4n) is 0.655. The molecule has 1 aliphatic heterocycles. The molecule has 0 saturated carbocycles. The molecule has 0 aromatic heterocycles. The molecular formula is C5H12NNaO. The Labute approximate surface area is 74.0 Å². The molecule has 1 rings (SSSR count). The van der Waals surface area contributed by atoms with Gasteiger partial charge < -0.3 is 11.1 Å². The van der Waals surface area contributed by atoms with Gasteiger partial charge in [-0.05, 0) is 7.05 Å². The third kappa shape index (κ3) is 3.05. The molecule has 0 N–H and O–H groups in total. The third-order valence-electron chi connectivity index (χ3n) is 1.23. The van der Waals surface area contributed by atoms with E-state index in [0.29, 0.717) is 0 Å². The smallest absolute Gasteiger partial charge is 1.00 e. The second-order valence-electron chi connectivity index (χ2n) is 1.92. The van der Waals surface area contributed by atoms with Gasteiger partial charge in [-0.1, -0.05) is 0 Å². The first kappa shape index (κ1) is 8.92. The van der Waals surface area contributed by atoms with E-state index in [1.165, 1.54) is 0 Å². The molecule has 0 amide bonds. The average molecular weight is 125 g/mol. The molecule has 1 heterocycles. The Morgan fingerprint density at radius 2 is 1.88 bits per heavy atom. The van der Waals surface area contributed by atoms with Gasteiger partial charge in [0.25, 0.3) is 0 Å². The van der Waals surface area contributed by atoms with Crippen LogP contribution in [0, 0.1) is 0 Å². The summed E-state index contributed by atoms with van der Waals surface area (Å²) in [6.07, 6.45) is 0. The Bertz CT molecular complexity index is 58.9. The largest absolute Gasteiger partial charge is 1.00 e. The number of morpholine rings is 1. The Morgan fingerprint density at radius 3 is 2.12 bits per heavy atom. The van der Waals surface area contributed by atoms with E-state index < -0.39 is 0 Å². The van der Waals surface area contributed by atoms with Gasteiger partial charge >= 0.3 is 29.6 Å². The summed E-state index contributed by atoms with van der Waals surface area (Å²) in [5.41, 5.74) is 0. The Hall–Kier alpha value is 0.920. The quantitative estimate of drug-likeness (QED) is 0.321. The average Bonchev–Trinajstić information content (AvgIpc) is 1.69. The van der Waals surface area contributed by atoms with Crippen molar-refractivity contribution in [1.82, 2.24) is 4.90 Å². The Balaban J connectivity index is 0. The van der Waals surface area contributed by atoms with Crippen LogP contribution in [-0.4, -0.2) is 38.3 Å². The van der Waals surface area contributed by atoms with Crippen molar-refractivity contribution in [2.24, 2.45) is 0 Å². The topological polar surface area (TPSA) is 12.5 Å². The molecule has 1 saturated heterocycles. The fourth-order valence-corrected chi connectivity index (χ4v) is 0.655. The van der Waals surface area contributed by atoms with Gasteiger partial charge in [-0.25, -0.2) is 0 Å². The van der Waals surface area contributed by atoms with Crippen LogP contribution in [0.5, 0.6) is 0 Å². The maximum absolute atomic E-state index is 5.10. The van der Waals surface area contributed by atoms with E-state index in [0.717, 1.165) is 26.3 Å². The van der Waals surface area contributed by atoms with Gasteiger partial charge in [-0.2, -0.15) is 0 Å². The fraction of sp³-hybridized carbons (Fsp3) is 1.00. The molecule has 0 aromatic rings. The predicted octanol–water partition coefficient (Wildman–Crippen LogP) is -2.94. The molecule has 0 atom stereocenters. The van der Waals surface area contributed by atoms with Crippen molar-refractivity contribution < 1.29 is 35.7 Å². The summed E-state index contributed by atoms with van der Waals surface area (Å²) >= 11 is 0. The van der Waals surface area contributed by atoms with Gasteiger partial charge in [-0.3, -0.25) is 0 Å². The molecule has 0 unspecified atom stereocenters. The summed E-state index contributed by atoms with van der Waals surface area (Å²) < 4.78 is 5.10. The first-order valence-electron chi connectivity index (χ1n) is 2.66. The number of ether oxygens (including phenoxy) is 1. The van der Waals surface area contributed by atoms with E-state index in [1.54, 1.807) is 0 Å². The van der Waals surface area contributed by atoms with Crippen LogP contribution in [0.25, 0.3) is 0 Å². The zero-order chi connectivity index (χ0) is 5.11. The molecule has 44 valence electrons. The summed E-state index contributed by atoms with van der Waals surface area (Å²) in [5.74, 6) is 0. The van der Waals surface area contributed by atoms with Crippen molar-refractivity contribution >= 4 is 0 Å². The minimum absolute atomic E-state index is 0. The van der Waals surface area contributed by atoms with Crippen molar-refractivity contribution in [3.05, 3.63) is 0 Å². The first-order valence-corrected chi connectivity index (χ1v) is 2.66. The van der Waals surface area contributed by atoms with Gasteiger partial charge in [0.1, 0.15) is 0 Å². The van der Waals surface area contributed by atoms with E-state index >= 15 is 0 Å². The SMILES string of the molecule is CN1CCOCC1.[H-].[Na+]. The monoisotopic (exact) mass is 125 g/mol. The molecule has 0 radical (unpaired) electrons. The standard InChI is InChI=1S/C5H11NO.Na.H/c1-6-2-4-7-5-3-6;;/h2-5H2,1H3;;/q;+1;-1. The second kappa shape index (κ2) is 4.77. The zero-order valence-corrected chi connectivity index (χ0v) is 7.68. The first-order chi connectivity index (χ1) is 3.39. The van der Waals surface area contributed by atoms with Gasteiger partial charge in [0.2, 0.25) is 0 Å². The van der Waals surface area contributed by atoms with E-state index in [-0.39, 0.29) is 31.0 Å². The zero-order valence-electron chi connectivity index (χ0n) is 6.68. The minimum Gasteiger partial charge on any atom is -1.00 e. The number of rotatable bonds is 0. The summed E-state index contributed by atoms with van der Waals surface area (Å²) in [6.45, 7) is 4.02. The number of hydrogen-bond donors (Lipinski definition) is 0. The summed E-state index contributed by atoms with van der Waals surface area (Å²) in [4.78, 5) is 2.27. The summed E-state index contributed by atoms with van der Waals surface area (Å²) in [7, 11) is 2.11. The van der Waals surface area contributed by atoms with Crippen LogP contribution < -0.4 is 29.6 Å². The molecule has 2 nitrogen and oxygen atoms in total. The van der Waals surface area contributed by atoms with Crippen LogP contribution in [0.4, 0.5) is 0 Å². The van der Waals surface area contributed by atoms with Crippen LogP contribution in [0.2, 0.25) is 0 Å². The van der Waals surface area contributed by atoms with E-state index in [9.17, 15) is 0 Å². The molecule has 0 aromatic carbocycles. The second-order valence-corrected chi connectivity index (χ2v) is 1.92. The van der Waals surface area contributed by atoms with E-state index in [1.807, 2.05) is 0 Å². The van der Waals surface area contributed by atoms with Crippen LogP contribution in [-0.2, 0) is 4.74 Å². The Morgan fingerprint density at radius 1 is 1.38 bits per heavy atom. The van der Waals surface area contributed by atoms with Crippen LogP contribution in [0.15, 0.2) is 0 Å². The molecule has 0 spiro atoms. The summed E-state index contributed by atoms with van der Waals surface area (Å²) in [6, 6.07) is 0. The summed E-state index contributed by atoms with van der Waals surface area (Å²) in [5, 5.41) is 0. The van der Waals surface area contributed by atoms with Gasteiger partial charge in [0.05, 0.1) is 13.2 Å². The Kier molecular flexibility index (Phi) is 5.31. The van der Waals surface area contributed by atoms with Crippen molar-refractivity contribution in [3.63, 3.8) is 0 Å². The molecule has 0 aliphatic carbocycles. The van der Waals surface area contributed by atoms with Crippen molar-refractivity contribution in [2.45, 2.75) is 0 Å². The van der Waals surface area contributed by atoms with Gasteiger partial charge in [0, 0.05) is 13.1 Å². The number of hydrogen-bond acceptors (Lipinski definition) is 2. The van der Waals surface area contributed by atoms with Crippen molar-refractivity contribution in [3.8, 4) is 0 Å². The normalized spacial score (nSPS) is 22.1. The molecule has 3 heteroatoms. The maximum Gasteiger partial charge on any atom is 1.00 e. The molecule has 1 aliphatic rings. The maximum atomic E-state index is 5.10. The van der Waals surface area contributed by atoms with E-state index in [4.69, 9.17) is 4.74 Å². The van der Waals surface area contributed by atoms with Crippen LogP contribution >= 0.6 is 0 Å². The van der Waals surface area contributed by atoms with Gasteiger partial charge in [0.15, 0.2) is 0 Å².